The molecule has 0 spiro atoms. The highest BCUT2D eigenvalue weighted by molar-refractivity contribution is 7.92. The number of anilines is 1. The lowest BCUT2D eigenvalue weighted by Gasteiger charge is -2.32. The van der Waals surface area contributed by atoms with Crippen LogP contribution in [-0.2, 0) is 20.4 Å². The second-order valence-corrected chi connectivity index (χ2v) is 6.81. The Balaban J connectivity index is 3.47. The van der Waals surface area contributed by atoms with Gasteiger partial charge in [0.1, 0.15) is 0 Å². The van der Waals surface area contributed by atoms with Gasteiger partial charge in [-0.1, -0.05) is 12.1 Å². The first-order valence-corrected chi connectivity index (χ1v) is 8.55. The van der Waals surface area contributed by atoms with Gasteiger partial charge in [0.15, 0.2) is 0 Å². The number of ether oxygens (including phenoxy) is 1. The summed E-state index contributed by atoms with van der Waals surface area (Å²) in [5, 5.41) is 9.26. The quantitative estimate of drug-likeness (QED) is 0.774. The summed E-state index contributed by atoms with van der Waals surface area (Å²) in [4.78, 5) is 11.7. The van der Waals surface area contributed by atoms with Gasteiger partial charge < -0.3 is 9.84 Å². The largest absolute Gasteiger partial charge is 0.449 e. The van der Waals surface area contributed by atoms with Crippen LogP contribution in [0.2, 0.25) is 0 Å². The molecule has 13 heteroatoms. The van der Waals surface area contributed by atoms with Crippen LogP contribution in [0, 0.1) is 0 Å². The molecule has 0 saturated carbocycles. The van der Waals surface area contributed by atoms with E-state index in [1.807, 2.05) is 0 Å². The fourth-order valence-electron chi connectivity index (χ4n) is 1.94. The molecule has 0 aliphatic carbocycles. The minimum atomic E-state index is -6.09. The van der Waals surface area contributed by atoms with Gasteiger partial charge in [0.2, 0.25) is 10.0 Å². The number of carbonyl (C=O) groups is 1. The maximum absolute atomic E-state index is 12.8. The number of halogens is 6. The third kappa shape index (κ3) is 4.03. The lowest BCUT2D eigenvalue weighted by Crippen LogP contribution is -2.53. The summed E-state index contributed by atoms with van der Waals surface area (Å²) in [6.45, 7) is 1.12. The fourth-order valence-corrected chi connectivity index (χ4v) is 2.77. The molecule has 0 aliphatic rings. The van der Waals surface area contributed by atoms with Gasteiger partial charge in [-0.3, -0.25) is 0 Å². The SMILES string of the molecule is CCOC(=O)N(c1ccc(C(O)(C(F)(F)F)C(F)(F)F)cc1)S(C)(=O)=O. The van der Waals surface area contributed by atoms with Crippen molar-refractivity contribution in [3.63, 3.8) is 0 Å². The Morgan fingerprint density at radius 2 is 1.50 bits per heavy atom. The van der Waals surface area contributed by atoms with Crippen molar-refractivity contribution in [1.29, 1.82) is 0 Å². The molecule has 0 heterocycles. The molecule has 1 aromatic rings. The zero-order chi connectivity index (χ0) is 20.6. The topological polar surface area (TPSA) is 83.9 Å². The van der Waals surface area contributed by atoms with E-state index in [0.29, 0.717) is 18.4 Å². The van der Waals surface area contributed by atoms with Gasteiger partial charge in [-0.25, -0.2) is 13.2 Å². The van der Waals surface area contributed by atoms with Gasteiger partial charge >= 0.3 is 18.4 Å². The number of sulfonamides is 1. The molecule has 6 nitrogen and oxygen atoms in total. The highest BCUT2D eigenvalue weighted by atomic mass is 32.2. The number of rotatable bonds is 4. The van der Waals surface area contributed by atoms with E-state index in [0.717, 1.165) is 0 Å². The molecule has 0 atom stereocenters. The maximum Gasteiger partial charge on any atom is 0.430 e. The molecule has 1 amide bonds. The van der Waals surface area contributed by atoms with Crippen molar-refractivity contribution in [2.75, 3.05) is 17.2 Å². The predicted molar refractivity (Wildman–Crippen MR) is 76.8 cm³/mol. The zero-order valence-corrected chi connectivity index (χ0v) is 14.0. The fraction of sp³-hybridized carbons (Fsp3) is 0.462. The summed E-state index contributed by atoms with van der Waals surface area (Å²) in [7, 11) is -4.29. The van der Waals surface area contributed by atoms with E-state index in [1.165, 1.54) is 6.92 Å². The molecule has 26 heavy (non-hydrogen) atoms. The monoisotopic (exact) mass is 409 g/mol. The number of alkyl halides is 6. The molecule has 1 aromatic carbocycles. The second-order valence-electron chi connectivity index (χ2n) is 4.98. The minimum Gasteiger partial charge on any atom is -0.449 e. The van der Waals surface area contributed by atoms with Gasteiger partial charge in [0, 0.05) is 5.56 Å². The normalized spacial score (nSPS) is 13.4. The van der Waals surface area contributed by atoms with Crippen LogP contribution in [0.1, 0.15) is 12.5 Å². The highest BCUT2D eigenvalue weighted by Crippen LogP contribution is 2.50. The van der Waals surface area contributed by atoms with Crippen LogP contribution in [0.5, 0.6) is 0 Å². The van der Waals surface area contributed by atoms with Crippen molar-refractivity contribution >= 4 is 21.8 Å². The van der Waals surface area contributed by atoms with Crippen molar-refractivity contribution in [3.8, 4) is 0 Å². The van der Waals surface area contributed by atoms with E-state index in [-0.39, 0.29) is 23.0 Å². The van der Waals surface area contributed by atoms with Gasteiger partial charge in [0.05, 0.1) is 18.6 Å². The second kappa shape index (κ2) is 6.95. The summed E-state index contributed by atoms with van der Waals surface area (Å²) in [6.07, 6.45) is -13.0. The molecule has 0 saturated heterocycles. The molecule has 0 aliphatic heterocycles. The van der Waals surface area contributed by atoms with Crippen LogP contribution >= 0.6 is 0 Å². The van der Waals surface area contributed by atoms with E-state index in [2.05, 4.69) is 4.74 Å². The summed E-state index contributed by atoms with van der Waals surface area (Å²) >= 11 is 0. The van der Waals surface area contributed by atoms with E-state index in [1.54, 1.807) is 0 Å². The first-order valence-electron chi connectivity index (χ1n) is 6.70. The Kier molecular flexibility index (Phi) is 5.88. The minimum absolute atomic E-state index is 0.0561. The average Bonchev–Trinajstić information content (AvgIpc) is 2.43. The molecule has 1 rings (SSSR count). The predicted octanol–water partition coefficient (Wildman–Crippen LogP) is 2.92. The van der Waals surface area contributed by atoms with Crippen molar-refractivity contribution in [2.24, 2.45) is 0 Å². The molecular formula is C13H13F6NO5S. The van der Waals surface area contributed by atoms with Crippen molar-refractivity contribution in [2.45, 2.75) is 24.9 Å². The Hall–Kier alpha value is -2.02. The Bertz CT molecular complexity index is 743. The van der Waals surface area contributed by atoms with Crippen LogP contribution in [-0.4, -0.2) is 44.8 Å². The van der Waals surface area contributed by atoms with Crippen LogP contribution in [0.3, 0.4) is 0 Å². The Morgan fingerprint density at radius 3 is 1.81 bits per heavy atom. The van der Waals surface area contributed by atoms with Crippen LogP contribution in [0.15, 0.2) is 24.3 Å². The zero-order valence-electron chi connectivity index (χ0n) is 13.2. The van der Waals surface area contributed by atoms with Crippen molar-refractivity contribution < 1.29 is 49.4 Å². The molecule has 0 aromatic heterocycles. The number of carbonyl (C=O) groups excluding carboxylic acids is 1. The molecule has 148 valence electrons. The van der Waals surface area contributed by atoms with E-state index in [4.69, 9.17) is 0 Å². The molecule has 1 N–H and O–H groups in total. The summed E-state index contributed by atoms with van der Waals surface area (Å²) < 4.78 is 105. The molecule has 0 bridgehead atoms. The molecule has 0 fully saturated rings. The third-order valence-corrected chi connectivity index (χ3v) is 4.13. The Labute approximate surface area is 144 Å². The maximum atomic E-state index is 12.8. The van der Waals surface area contributed by atoms with E-state index < -0.39 is 45.3 Å². The Morgan fingerprint density at radius 1 is 1.08 bits per heavy atom. The van der Waals surface area contributed by atoms with E-state index in [9.17, 15) is 44.7 Å². The number of hydrogen-bond donors (Lipinski definition) is 1. The van der Waals surface area contributed by atoms with Crippen LogP contribution in [0.4, 0.5) is 36.8 Å². The van der Waals surface area contributed by atoms with Gasteiger partial charge in [-0.05, 0) is 19.1 Å². The van der Waals surface area contributed by atoms with E-state index >= 15 is 0 Å². The molecular weight excluding hydrogens is 396 g/mol. The summed E-state index contributed by atoms with van der Waals surface area (Å²) in [5.41, 5.74) is -7.33. The first kappa shape index (κ1) is 22.0. The number of benzene rings is 1. The standard InChI is InChI=1S/C13H13F6NO5S/c1-3-25-10(21)20(26(2,23)24)9-6-4-8(5-7-9)11(22,12(14,15)16)13(17,18)19/h4-7,22H,3H2,1-2H3. The van der Waals surface area contributed by atoms with Gasteiger partial charge in [0.25, 0.3) is 5.60 Å². The van der Waals surface area contributed by atoms with Gasteiger partial charge in [-0.15, -0.1) is 0 Å². The molecule has 0 radical (unpaired) electrons. The number of aliphatic hydroxyl groups is 1. The van der Waals surface area contributed by atoms with Crippen molar-refractivity contribution in [3.05, 3.63) is 29.8 Å². The summed E-state index contributed by atoms with van der Waals surface area (Å²) in [5.74, 6) is 0. The third-order valence-electron chi connectivity index (χ3n) is 3.11. The number of nitrogens with zero attached hydrogens (tertiary/aromatic N) is 1. The average molecular weight is 409 g/mol. The lowest BCUT2D eigenvalue weighted by molar-refractivity contribution is -0.376. The number of amides is 1. The van der Waals surface area contributed by atoms with Crippen LogP contribution < -0.4 is 4.31 Å². The summed E-state index contributed by atoms with van der Waals surface area (Å²) in [6, 6.07) is 1.45. The first-order chi connectivity index (χ1) is 11.6. The molecule has 0 unspecified atom stereocenters. The number of hydrogen-bond acceptors (Lipinski definition) is 5. The lowest BCUT2D eigenvalue weighted by atomic mass is 9.92. The van der Waals surface area contributed by atoms with Crippen molar-refractivity contribution in [1.82, 2.24) is 0 Å². The highest BCUT2D eigenvalue weighted by Gasteiger charge is 2.71. The van der Waals surface area contributed by atoms with Crippen LogP contribution in [0.25, 0.3) is 0 Å². The van der Waals surface area contributed by atoms with Gasteiger partial charge in [-0.2, -0.15) is 30.6 Å². The smallest absolute Gasteiger partial charge is 0.430 e.